The van der Waals surface area contributed by atoms with Gasteiger partial charge in [0.1, 0.15) is 23.8 Å². The van der Waals surface area contributed by atoms with E-state index in [1.54, 1.807) is 14.2 Å². The predicted octanol–water partition coefficient (Wildman–Crippen LogP) is 2.70. The number of hydrazine groups is 1. The number of nitrogens with one attached hydrogen (secondary N) is 2. The Labute approximate surface area is 162 Å². The highest BCUT2D eigenvalue weighted by Gasteiger charge is 2.47. The molecule has 2 unspecified atom stereocenters. The van der Waals surface area contributed by atoms with Crippen LogP contribution in [0, 0.1) is 0 Å². The Morgan fingerprint density at radius 1 is 0.692 bits per heavy atom. The number of nitrogens with zero attached hydrogens (tertiary/aromatic N) is 2. The van der Waals surface area contributed by atoms with E-state index in [4.69, 9.17) is 33.9 Å². The van der Waals surface area contributed by atoms with Gasteiger partial charge in [-0.15, -0.1) is 0 Å². The van der Waals surface area contributed by atoms with Crippen LogP contribution in [0.15, 0.2) is 48.5 Å². The van der Waals surface area contributed by atoms with Crippen LogP contribution in [0.2, 0.25) is 0 Å². The lowest BCUT2D eigenvalue weighted by Crippen LogP contribution is -2.36. The average molecular weight is 387 g/mol. The normalized spacial score (nSPS) is 21.3. The zero-order chi connectivity index (χ0) is 18.3. The topological polar surface area (TPSA) is 49.0 Å². The van der Waals surface area contributed by atoms with Gasteiger partial charge in [0.2, 0.25) is 0 Å². The van der Waals surface area contributed by atoms with Crippen LogP contribution in [-0.2, 0) is 0 Å². The van der Waals surface area contributed by atoms with E-state index >= 15 is 0 Å². The maximum Gasteiger partial charge on any atom is 0.192 e. The van der Waals surface area contributed by atoms with Gasteiger partial charge < -0.3 is 20.1 Å². The standard InChI is InChI=1S/C18H18N4O2S2/c1-23-13-7-3-11(4-8-13)15-19-17(25)22-16(20-18(26)21(15)22)12-5-9-14(24-2)10-6-12/h3-10,15-16H,1-2H3,(H,19,25)(H,20,26). The Bertz CT molecular complexity index is 770. The first-order chi connectivity index (χ1) is 12.6. The van der Waals surface area contributed by atoms with Crippen molar-refractivity contribution in [2.24, 2.45) is 0 Å². The first kappa shape index (κ1) is 16.9. The molecule has 2 fully saturated rings. The summed E-state index contributed by atoms with van der Waals surface area (Å²) in [5.74, 6) is 1.62. The molecule has 0 spiro atoms. The molecule has 0 amide bonds. The van der Waals surface area contributed by atoms with Crippen molar-refractivity contribution in [3.05, 3.63) is 59.7 Å². The maximum atomic E-state index is 5.59. The monoisotopic (exact) mass is 386 g/mol. The summed E-state index contributed by atoms with van der Waals surface area (Å²) < 4.78 is 10.5. The Kier molecular flexibility index (Phi) is 4.29. The largest absolute Gasteiger partial charge is 0.497 e. The molecule has 0 aromatic heterocycles. The quantitative estimate of drug-likeness (QED) is 0.778. The molecular formula is C18H18N4O2S2. The lowest BCUT2D eigenvalue weighted by Gasteiger charge is -2.26. The highest BCUT2D eigenvalue weighted by molar-refractivity contribution is 7.80. The van der Waals surface area contributed by atoms with Crippen LogP contribution in [0.1, 0.15) is 23.5 Å². The molecule has 2 aliphatic heterocycles. The number of benzene rings is 2. The molecule has 2 aromatic carbocycles. The van der Waals surface area contributed by atoms with E-state index in [-0.39, 0.29) is 12.3 Å². The number of rotatable bonds is 4. The van der Waals surface area contributed by atoms with E-state index in [2.05, 4.69) is 10.6 Å². The molecule has 0 aliphatic carbocycles. The first-order valence-corrected chi connectivity index (χ1v) is 8.91. The van der Waals surface area contributed by atoms with Crippen LogP contribution in [-0.4, -0.2) is 34.5 Å². The minimum Gasteiger partial charge on any atom is -0.497 e. The van der Waals surface area contributed by atoms with Crippen molar-refractivity contribution >= 4 is 34.7 Å². The molecule has 2 N–H and O–H groups in total. The molecule has 2 aliphatic rings. The van der Waals surface area contributed by atoms with E-state index < -0.39 is 0 Å². The lowest BCUT2D eigenvalue weighted by molar-refractivity contribution is 0.114. The number of methoxy groups -OCH3 is 2. The second kappa shape index (κ2) is 6.62. The van der Waals surface area contributed by atoms with Crippen LogP contribution in [0.4, 0.5) is 0 Å². The Balaban J connectivity index is 1.63. The van der Waals surface area contributed by atoms with Crippen molar-refractivity contribution in [3.63, 3.8) is 0 Å². The third-order valence-corrected chi connectivity index (χ3v) is 5.13. The highest BCUT2D eigenvalue weighted by Crippen LogP contribution is 2.37. The summed E-state index contributed by atoms with van der Waals surface area (Å²) in [6, 6.07) is 15.7. The zero-order valence-corrected chi connectivity index (χ0v) is 15.9. The van der Waals surface area contributed by atoms with Gasteiger partial charge in [-0.1, -0.05) is 24.3 Å². The number of hydrogen-bond acceptors (Lipinski definition) is 4. The number of ether oxygens (including phenoxy) is 2. The van der Waals surface area contributed by atoms with Gasteiger partial charge >= 0.3 is 0 Å². The van der Waals surface area contributed by atoms with Crippen molar-refractivity contribution in [2.45, 2.75) is 12.3 Å². The average Bonchev–Trinajstić information content (AvgIpc) is 3.21. The summed E-state index contributed by atoms with van der Waals surface area (Å²) >= 11 is 11.2. The molecule has 2 aromatic rings. The molecule has 0 bridgehead atoms. The Hall–Kier alpha value is -2.58. The van der Waals surface area contributed by atoms with Gasteiger partial charge in [-0.3, -0.25) is 0 Å². The minimum absolute atomic E-state index is 0.156. The van der Waals surface area contributed by atoms with Crippen molar-refractivity contribution in [1.82, 2.24) is 20.7 Å². The molecule has 134 valence electrons. The van der Waals surface area contributed by atoms with Gasteiger partial charge in [0.15, 0.2) is 10.2 Å². The van der Waals surface area contributed by atoms with Crippen LogP contribution >= 0.6 is 24.4 Å². The number of fused-ring (bicyclic) bond motifs is 1. The van der Waals surface area contributed by atoms with Crippen LogP contribution < -0.4 is 20.1 Å². The highest BCUT2D eigenvalue weighted by atomic mass is 32.1. The summed E-state index contributed by atoms with van der Waals surface area (Å²) in [5, 5.41) is 11.9. The van der Waals surface area contributed by atoms with Crippen LogP contribution in [0.25, 0.3) is 0 Å². The molecule has 0 saturated carbocycles. The second-order valence-corrected chi connectivity index (χ2v) is 6.71. The molecule has 2 atom stereocenters. The van der Waals surface area contributed by atoms with Gasteiger partial charge in [-0.05, 0) is 59.8 Å². The van der Waals surface area contributed by atoms with Crippen LogP contribution in [0.5, 0.6) is 11.5 Å². The SMILES string of the molecule is COc1ccc(C2NC(=S)N3C(c4ccc(OC)cc4)NC(=S)N23)cc1. The van der Waals surface area contributed by atoms with Crippen molar-refractivity contribution < 1.29 is 9.47 Å². The number of hydrogen-bond donors (Lipinski definition) is 2. The van der Waals surface area contributed by atoms with Crippen LogP contribution in [0.3, 0.4) is 0 Å². The molecule has 8 heteroatoms. The summed E-state index contributed by atoms with van der Waals surface area (Å²) in [7, 11) is 3.30. The Morgan fingerprint density at radius 3 is 1.35 bits per heavy atom. The number of thiocarbonyl (C=S) groups is 2. The fourth-order valence-electron chi connectivity index (χ4n) is 3.19. The van der Waals surface area contributed by atoms with Crippen molar-refractivity contribution in [3.8, 4) is 11.5 Å². The zero-order valence-electron chi connectivity index (χ0n) is 14.3. The second-order valence-electron chi connectivity index (χ2n) is 5.94. The van der Waals surface area contributed by atoms with Gasteiger partial charge in [-0.25, -0.2) is 10.0 Å². The molecule has 26 heavy (non-hydrogen) atoms. The maximum absolute atomic E-state index is 5.59. The molecule has 4 rings (SSSR count). The summed E-state index contributed by atoms with van der Waals surface area (Å²) in [6.07, 6.45) is -0.312. The van der Waals surface area contributed by atoms with E-state index in [1.807, 2.05) is 58.5 Å². The van der Waals surface area contributed by atoms with Crippen molar-refractivity contribution in [1.29, 1.82) is 0 Å². The fraction of sp³-hybridized carbons (Fsp3) is 0.222. The summed E-state index contributed by atoms with van der Waals surface area (Å²) in [4.78, 5) is 0. The smallest absolute Gasteiger partial charge is 0.192 e. The van der Waals surface area contributed by atoms with Gasteiger partial charge in [0, 0.05) is 0 Å². The van der Waals surface area contributed by atoms with E-state index in [0.717, 1.165) is 22.6 Å². The first-order valence-electron chi connectivity index (χ1n) is 8.09. The summed E-state index contributed by atoms with van der Waals surface area (Å²) in [6.45, 7) is 0. The van der Waals surface area contributed by atoms with E-state index in [0.29, 0.717) is 10.2 Å². The molecular weight excluding hydrogens is 368 g/mol. The minimum atomic E-state index is -0.156. The fourth-order valence-corrected chi connectivity index (χ4v) is 3.80. The van der Waals surface area contributed by atoms with E-state index in [9.17, 15) is 0 Å². The van der Waals surface area contributed by atoms with Gasteiger partial charge in [0.25, 0.3) is 0 Å². The third-order valence-electron chi connectivity index (χ3n) is 4.52. The third kappa shape index (κ3) is 2.71. The Morgan fingerprint density at radius 2 is 1.04 bits per heavy atom. The molecule has 0 radical (unpaired) electrons. The van der Waals surface area contributed by atoms with E-state index in [1.165, 1.54) is 0 Å². The van der Waals surface area contributed by atoms with Gasteiger partial charge in [-0.2, -0.15) is 0 Å². The molecule has 2 heterocycles. The predicted molar refractivity (Wildman–Crippen MR) is 107 cm³/mol. The van der Waals surface area contributed by atoms with Gasteiger partial charge in [0.05, 0.1) is 14.2 Å². The molecule has 6 nitrogen and oxygen atoms in total. The van der Waals surface area contributed by atoms with Crippen molar-refractivity contribution in [2.75, 3.05) is 14.2 Å². The molecule has 2 saturated heterocycles. The lowest BCUT2D eigenvalue weighted by atomic mass is 10.1. The summed E-state index contributed by atoms with van der Waals surface area (Å²) in [5.41, 5.74) is 2.10.